The summed E-state index contributed by atoms with van der Waals surface area (Å²) in [7, 11) is 0. The molecule has 0 aromatic heterocycles. The molecule has 1 aromatic carbocycles. The predicted molar refractivity (Wildman–Crippen MR) is 80.1 cm³/mol. The standard InChI is InChI=1S/C13H19Br2NO/c1-10(2)13(9-14)16-6-7-17-12-5-3-4-11(15)8-12/h3-5,8,10,13,16H,6-7,9H2,1-2H3. The van der Waals surface area contributed by atoms with E-state index in [0.29, 0.717) is 18.6 Å². The maximum Gasteiger partial charge on any atom is 0.120 e. The highest BCUT2D eigenvalue weighted by molar-refractivity contribution is 9.10. The molecule has 2 nitrogen and oxygen atoms in total. The van der Waals surface area contributed by atoms with E-state index in [-0.39, 0.29) is 0 Å². The summed E-state index contributed by atoms with van der Waals surface area (Å²) in [6.45, 7) is 5.98. The molecule has 0 heterocycles. The van der Waals surface area contributed by atoms with Crippen LogP contribution in [-0.2, 0) is 0 Å². The maximum atomic E-state index is 5.65. The fourth-order valence-corrected chi connectivity index (χ4v) is 2.79. The van der Waals surface area contributed by atoms with E-state index in [0.717, 1.165) is 22.1 Å². The van der Waals surface area contributed by atoms with Gasteiger partial charge in [-0.15, -0.1) is 0 Å². The number of ether oxygens (including phenoxy) is 1. The molecule has 4 heteroatoms. The smallest absolute Gasteiger partial charge is 0.120 e. The average molecular weight is 365 g/mol. The van der Waals surface area contributed by atoms with Crippen molar-refractivity contribution in [3.63, 3.8) is 0 Å². The van der Waals surface area contributed by atoms with Crippen molar-refractivity contribution in [2.75, 3.05) is 18.5 Å². The SMILES string of the molecule is CC(C)C(CBr)NCCOc1cccc(Br)c1. The molecule has 1 aromatic rings. The molecule has 0 saturated carbocycles. The van der Waals surface area contributed by atoms with Crippen LogP contribution in [0.15, 0.2) is 28.7 Å². The fraction of sp³-hybridized carbons (Fsp3) is 0.538. The van der Waals surface area contributed by atoms with Crippen LogP contribution in [0.1, 0.15) is 13.8 Å². The van der Waals surface area contributed by atoms with Gasteiger partial charge in [0.15, 0.2) is 0 Å². The Morgan fingerprint density at radius 1 is 1.35 bits per heavy atom. The second-order valence-electron chi connectivity index (χ2n) is 4.26. The molecule has 0 aliphatic heterocycles. The third kappa shape index (κ3) is 5.89. The monoisotopic (exact) mass is 363 g/mol. The molecule has 1 unspecified atom stereocenters. The predicted octanol–water partition coefficient (Wildman–Crippen LogP) is 3.84. The highest BCUT2D eigenvalue weighted by Crippen LogP contribution is 2.17. The van der Waals surface area contributed by atoms with Gasteiger partial charge in [-0.1, -0.05) is 51.8 Å². The second kappa shape index (κ2) is 8.11. The molecule has 0 saturated heterocycles. The van der Waals surface area contributed by atoms with Crippen molar-refractivity contribution in [1.82, 2.24) is 5.32 Å². The van der Waals surface area contributed by atoms with E-state index in [4.69, 9.17) is 4.74 Å². The molecule has 17 heavy (non-hydrogen) atoms. The quantitative estimate of drug-likeness (QED) is 0.586. The molecule has 0 amide bonds. The van der Waals surface area contributed by atoms with E-state index in [1.54, 1.807) is 0 Å². The first-order chi connectivity index (χ1) is 8.13. The van der Waals surface area contributed by atoms with Crippen molar-refractivity contribution in [1.29, 1.82) is 0 Å². The molecule has 0 spiro atoms. The zero-order valence-electron chi connectivity index (χ0n) is 10.2. The van der Waals surface area contributed by atoms with Crippen LogP contribution >= 0.6 is 31.9 Å². The Labute approximate surface area is 120 Å². The minimum atomic E-state index is 0.501. The number of halogens is 2. The summed E-state index contributed by atoms with van der Waals surface area (Å²) in [5.74, 6) is 1.53. The Morgan fingerprint density at radius 3 is 2.71 bits per heavy atom. The van der Waals surface area contributed by atoms with Crippen LogP contribution in [0.25, 0.3) is 0 Å². The van der Waals surface area contributed by atoms with Gasteiger partial charge in [0.1, 0.15) is 12.4 Å². The van der Waals surface area contributed by atoms with E-state index in [9.17, 15) is 0 Å². The number of alkyl halides is 1. The lowest BCUT2D eigenvalue weighted by molar-refractivity contribution is 0.298. The van der Waals surface area contributed by atoms with E-state index < -0.39 is 0 Å². The largest absolute Gasteiger partial charge is 0.492 e. The van der Waals surface area contributed by atoms with E-state index >= 15 is 0 Å². The molecule has 0 fully saturated rings. The van der Waals surface area contributed by atoms with Gasteiger partial charge in [0.2, 0.25) is 0 Å². The lowest BCUT2D eigenvalue weighted by Gasteiger charge is -2.19. The van der Waals surface area contributed by atoms with Gasteiger partial charge in [-0.05, 0) is 24.1 Å². The van der Waals surface area contributed by atoms with Gasteiger partial charge in [-0.25, -0.2) is 0 Å². The summed E-state index contributed by atoms with van der Waals surface area (Å²) in [5, 5.41) is 4.44. The fourth-order valence-electron chi connectivity index (χ4n) is 1.44. The first-order valence-corrected chi connectivity index (χ1v) is 7.72. The molecule has 1 rings (SSSR count). The van der Waals surface area contributed by atoms with Crippen LogP contribution in [0, 0.1) is 5.92 Å². The van der Waals surface area contributed by atoms with Crippen molar-refractivity contribution in [2.24, 2.45) is 5.92 Å². The van der Waals surface area contributed by atoms with Gasteiger partial charge in [0.05, 0.1) is 0 Å². The van der Waals surface area contributed by atoms with E-state index in [1.807, 2.05) is 24.3 Å². The third-order valence-corrected chi connectivity index (χ3v) is 3.74. The van der Waals surface area contributed by atoms with Crippen LogP contribution in [-0.4, -0.2) is 24.5 Å². The molecule has 0 aliphatic carbocycles. The van der Waals surface area contributed by atoms with Crippen molar-refractivity contribution >= 4 is 31.9 Å². The Kier molecular flexibility index (Phi) is 7.16. The summed E-state index contributed by atoms with van der Waals surface area (Å²) in [6.07, 6.45) is 0. The summed E-state index contributed by atoms with van der Waals surface area (Å²) in [5.41, 5.74) is 0. The Morgan fingerprint density at radius 2 is 2.12 bits per heavy atom. The van der Waals surface area contributed by atoms with E-state index in [2.05, 4.69) is 51.0 Å². The van der Waals surface area contributed by atoms with Crippen LogP contribution < -0.4 is 10.1 Å². The molecule has 0 radical (unpaired) electrons. The number of benzene rings is 1. The minimum Gasteiger partial charge on any atom is -0.492 e. The summed E-state index contributed by atoms with van der Waals surface area (Å²) >= 11 is 6.94. The normalized spacial score (nSPS) is 12.8. The highest BCUT2D eigenvalue weighted by atomic mass is 79.9. The first kappa shape index (κ1) is 15.0. The van der Waals surface area contributed by atoms with Gasteiger partial charge < -0.3 is 10.1 Å². The Bertz CT molecular complexity index is 331. The first-order valence-electron chi connectivity index (χ1n) is 5.81. The van der Waals surface area contributed by atoms with Crippen molar-refractivity contribution < 1.29 is 4.74 Å². The average Bonchev–Trinajstić information content (AvgIpc) is 2.28. The number of rotatable bonds is 7. The number of hydrogen-bond donors (Lipinski definition) is 1. The molecule has 0 bridgehead atoms. The highest BCUT2D eigenvalue weighted by Gasteiger charge is 2.09. The summed E-state index contributed by atoms with van der Waals surface area (Å²) in [6, 6.07) is 8.41. The lowest BCUT2D eigenvalue weighted by Crippen LogP contribution is -2.37. The molecule has 1 atom stereocenters. The van der Waals surface area contributed by atoms with Gasteiger partial charge in [-0.2, -0.15) is 0 Å². The van der Waals surface area contributed by atoms with Crippen molar-refractivity contribution in [3.05, 3.63) is 28.7 Å². The third-order valence-electron chi connectivity index (χ3n) is 2.54. The van der Waals surface area contributed by atoms with Crippen molar-refractivity contribution in [2.45, 2.75) is 19.9 Å². The van der Waals surface area contributed by atoms with Gasteiger partial charge >= 0.3 is 0 Å². The number of nitrogens with one attached hydrogen (secondary N) is 1. The molecule has 0 aliphatic rings. The summed E-state index contributed by atoms with van der Waals surface area (Å²) < 4.78 is 6.70. The summed E-state index contributed by atoms with van der Waals surface area (Å²) in [4.78, 5) is 0. The van der Waals surface area contributed by atoms with E-state index in [1.165, 1.54) is 0 Å². The molecular formula is C13H19Br2NO. The zero-order chi connectivity index (χ0) is 12.7. The second-order valence-corrected chi connectivity index (χ2v) is 5.83. The Balaban J connectivity index is 2.24. The van der Waals surface area contributed by atoms with Gasteiger partial charge in [-0.3, -0.25) is 0 Å². The van der Waals surface area contributed by atoms with Crippen LogP contribution in [0.3, 0.4) is 0 Å². The molecular weight excluding hydrogens is 346 g/mol. The topological polar surface area (TPSA) is 21.3 Å². The van der Waals surface area contributed by atoms with Crippen LogP contribution in [0.2, 0.25) is 0 Å². The lowest BCUT2D eigenvalue weighted by atomic mass is 10.1. The van der Waals surface area contributed by atoms with Crippen LogP contribution in [0.5, 0.6) is 5.75 Å². The maximum absolute atomic E-state index is 5.65. The minimum absolute atomic E-state index is 0.501. The van der Waals surface area contributed by atoms with Crippen LogP contribution in [0.4, 0.5) is 0 Å². The zero-order valence-corrected chi connectivity index (χ0v) is 13.4. The number of hydrogen-bond acceptors (Lipinski definition) is 2. The molecule has 96 valence electrons. The van der Waals surface area contributed by atoms with Gasteiger partial charge in [0, 0.05) is 22.4 Å². The van der Waals surface area contributed by atoms with Crippen molar-refractivity contribution in [3.8, 4) is 5.75 Å². The molecule has 1 N–H and O–H groups in total. The Hall–Kier alpha value is -0.0600. The van der Waals surface area contributed by atoms with Gasteiger partial charge in [0.25, 0.3) is 0 Å².